The number of hydrogen-bond acceptors (Lipinski definition) is 5. The zero-order valence-corrected chi connectivity index (χ0v) is 13.6. The predicted octanol–water partition coefficient (Wildman–Crippen LogP) is 4.22. The molecule has 120 valence electrons. The van der Waals surface area contributed by atoms with Crippen molar-refractivity contribution in [3.63, 3.8) is 0 Å². The van der Waals surface area contributed by atoms with Gasteiger partial charge in [-0.25, -0.2) is 14.4 Å². The smallest absolute Gasteiger partial charge is 0.146 e. The summed E-state index contributed by atoms with van der Waals surface area (Å²) in [6, 6.07) is 12.8. The fraction of sp³-hybridized carbons (Fsp3) is 0.0588. The molecule has 2 aromatic heterocycles. The molecule has 0 aliphatic heterocycles. The third-order valence-electron chi connectivity index (χ3n) is 3.71. The van der Waals surface area contributed by atoms with Gasteiger partial charge >= 0.3 is 0 Å². The van der Waals surface area contributed by atoms with Crippen LogP contribution in [0.4, 0.5) is 15.9 Å². The SMILES string of the molecule is CNSc1ccc(F)c(Nc2ncnc3[nH]c4ccccc4c23)c1. The lowest BCUT2D eigenvalue weighted by molar-refractivity contribution is 0.630. The number of aromatic nitrogens is 3. The Kier molecular flexibility index (Phi) is 3.79. The van der Waals surface area contributed by atoms with E-state index in [0.29, 0.717) is 11.5 Å². The van der Waals surface area contributed by atoms with Crippen LogP contribution in [0.5, 0.6) is 0 Å². The number of nitrogens with zero attached hydrogens (tertiary/aromatic N) is 2. The highest BCUT2D eigenvalue weighted by molar-refractivity contribution is 7.97. The first kappa shape index (κ1) is 14.9. The van der Waals surface area contributed by atoms with E-state index in [1.807, 2.05) is 31.3 Å². The lowest BCUT2D eigenvalue weighted by atomic mass is 10.2. The van der Waals surface area contributed by atoms with Gasteiger partial charge in [0.25, 0.3) is 0 Å². The molecule has 0 spiro atoms. The number of fused-ring (bicyclic) bond motifs is 3. The summed E-state index contributed by atoms with van der Waals surface area (Å²) in [7, 11) is 1.82. The maximum atomic E-state index is 14.2. The Morgan fingerprint density at radius 1 is 1.12 bits per heavy atom. The molecule has 0 saturated carbocycles. The summed E-state index contributed by atoms with van der Waals surface area (Å²) in [4.78, 5) is 12.7. The van der Waals surface area contributed by atoms with E-state index < -0.39 is 0 Å². The maximum absolute atomic E-state index is 14.2. The number of halogens is 1. The molecule has 2 aromatic carbocycles. The van der Waals surface area contributed by atoms with Crippen LogP contribution in [0.3, 0.4) is 0 Å². The number of aromatic amines is 1. The molecule has 0 saturated heterocycles. The largest absolute Gasteiger partial charge is 0.339 e. The van der Waals surface area contributed by atoms with Crippen LogP contribution in [0.2, 0.25) is 0 Å². The van der Waals surface area contributed by atoms with Crippen LogP contribution in [0, 0.1) is 5.82 Å². The van der Waals surface area contributed by atoms with Crippen molar-refractivity contribution in [3.05, 3.63) is 54.6 Å². The summed E-state index contributed by atoms with van der Waals surface area (Å²) < 4.78 is 17.2. The summed E-state index contributed by atoms with van der Waals surface area (Å²) >= 11 is 1.42. The summed E-state index contributed by atoms with van der Waals surface area (Å²) in [5.41, 5.74) is 2.06. The lowest BCUT2D eigenvalue weighted by Crippen LogP contribution is -1.99. The zero-order valence-electron chi connectivity index (χ0n) is 12.8. The molecule has 0 radical (unpaired) electrons. The van der Waals surface area contributed by atoms with Gasteiger partial charge in [0.05, 0.1) is 11.1 Å². The molecule has 0 bridgehead atoms. The fourth-order valence-electron chi connectivity index (χ4n) is 2.68. The van der Waals surface area contributed by atoms with Gasteiger partial charge in [-0.15, -0.1) is 0 Å². The minimum absolute atomic E-state index is 0.331. The number of benzene rings is 2. The van der Waals surface area contributed by atoms with Crippen LogP contribution in [0.15, 0.2) is 53.7 Å². The maximum Gasteiger partial charge on any atom is 0.146 e. The van der Waals surface area contributed by atoms with E-state index in [-0.39, 0.29) is 5.82 Å². The van der Waals surface area contributed by atoms with Gasteiger partial charge in [-0.2, -0.15) is 0 Å². The minimum Gasteiger partial charge on any atom is -0.339 e. The first-order valence-electron chi connectivity index (χ1n) is 7.38. The van der Waals surface area contributed by atoms with Gasteiger partial charge in [-0.3, -0.25) is 4.72 Å². The van der Waals surface area contributed by atoms with Crippen LogP contribution >= 0.6 is 11.9 Å². The van der Waals surface area contributed by atoms with Gasteiger partial charge in [0.15, 0.2) is 0 Å². The minimum atomic E-state index is -0.331. The predicted molar refractivity (Wildman–Crippen MR) is 96.0 cm³/mol. The third kappa shape index (κ3) is 2.57. The van der Waals surface area contributed by atoms with Crippen molar-refractivity contribution in [2.45, 2.75) is 4.90 Å². The quantitative estimate of drug-likeness (QED) is 0.486. The molecule has 0 amide bonds. The standard InChI is InChI=1S/C17H14FN5S/c1-19-24-10-6-7-12(18)14(8-10)23-17-15-11-4-2-3-5-13(11)22-16(15)20-9-21-17/h2-9,19H,1H3,(H2,20,21,22,23). The molecular weight excluding hydrogens is 325 g/mol. The Hall–Kier alpha value is -2.64. The summed E-state index contributed by atoms with van der Waals surface area (Å²) in [6.07, 6.45) is 1.46. The highest BCUT2D eigenvalue weighted by Gasteiger charge is 2.13. The van der Waals surface area contributed by atoms with E-state index in [2.05, 4.69) is 25.0 Å². The molecule has 3 N–H and O–H groups in total. The second-order valence-corrected chi connectivity index (χ2v) is 6.27. The molecule has 0 atom stereocenters. The van der Waals surface area contributed by atoms with Crippen LogP contribution in [-0.4, -0.2) is 22.0 Å². The van der Waals surface area contributed by atoms with E-state index in [4.69, 9.17) is 0 Å². The molecule has 2 heterocycles. The molecule has 5 nitrogen and oxygen atoms in total. The molecular formula is C17H14FN5S. The van der Waals surface area contributed by atoms with Crippen LogP contribution < -0.4 is 10.0 Å². The van der Waals surface area contributed by atoms with Crippen molar-refractivity contribution in [3.8, 4) is 0 Å². The van der Waals surface area contributed by atoms with E-state index in [1.165, 1.54) is 24.3 Å². The Morgan fingerprint density at radius 2 is 2.00 bits per heavy atom. The second kappa shape index (κ2) is 6.10. The first-order chi connectivity index (χ1) is 11.8. The van der Waals surface area contributed by atoms with E-state index >= 15 is 0 Å². The molecule has 4 aromatic rings. The summed E-state index contributed by atoms with van der Waals surface area (Å²) in [6.45, 7) is 0. The number of H-pyrrole nitrogens is 1. The average Bonchev–Trinajstić information content (AvgIpc) is 2.97. The van der Waals surface area contributed by atoms with E-state index in [0.717, 1.165) is 26.8 Å². The zero-order chi connectivity index (χ0) is 16.5. The summed E-state index contributed by atoms with van der Waals surface area (Å²) in [5.74, 6) is 0.241. The Labute approximate surface area is 141 Å². The monoisotopic (exact) mass is 339 g/mol. The Balaban J connectivity index is 1.84. The number of hydrogen-bond donors (Lipinski definition) is 3. The first-order valence-corrected chi connectivity index (χ1v) is 8.19. The van der Waals surface area contributed by atoms with Gasteiger partial charge in [-0.05, 0) is 43.3 Å². The molecule has 0 fully saturated rings. The van der Waals surface area contributed by atoms with E-state index in [1.54, 1.807) is 12.1 Å². The van der Waals surface area contributed by atoms with Gasteiger partial charge < -0.3 is 10.3 Å². The summed E-state index contributed by atoms with van der Waals surface area (Å²) in [5, 5.41) is 4.95. The van der Waals surface area contributed by atoms with Crippen molar-refractivity contribution < 1.29 is 4.39 Å². The molecule has 0 aliphatic rings. The van der Waals surface area contributed by atoms with Crippen molar-refractivity contribution in [2.75, 3.05) is 12.4 Å². The number of rotatable bonds is 4. The van der Waals surface area contributed by atoms with Crippen molar-refractivity contribution in [2.24, 2.45) is 0 Å². The number of nitrogens with one attached hydrogen (secondary N) is 3. The fourth-order valence-corrected chi connectivity index (χ4v) is 3.23. The van der Waals surface area contributed by atoms with Gasteiger partial charge in [0.2, 0.25) is 0 Å². The van der Waals surface area contributed by atoms with Crippen LogP contribution in [-0.2, 0) is 0 Å². The Morgan fingerprint density at radius 3 is 2.88 bits per heavy atom. The third-order valence-corrected chi connectivity index (χ3v) is 4.40. The van der Waals surface area contributed by atoms with Gasteiger partial charge in [-0.1, -0.05) is 18.2 Å². The van der Waals surface area contributed by atoms with Crippen LogP contribution in [0.1, 0.15) is 0 Å². The lowest BCUT2D eigenvalue weighted by Gasteiger charge is -2.09. The van der Waals surface area contributed by atoms with Gasteiger partial charge in [0, 0.05) is 15.8 Å². The molecule has 0 unspecified atom stereocenters. The molecule has 4 rings (SSSR count). The molecule has 24 heavy (non-hydrogen) atoms. The highest BCUT2D eigenvalue weighted by Crippen LogP contribution is 2.32. The topological polar surface area (TPSA) is 65.6 Å². The van der Waals surface area contributed by atoms with Crippen molar-refractivity contribution in [1.29, 1.82) is 0 Å². The van der Waals surface area contributed by atoms with Crippen LogP contribution in [0.25, 0.3) is 21.9 Å². The van der Waals surface area contributed by atoms with E-state index in [9.17, 15) is 4.39 Å². The highest BCUT2D eigenvalue weighted by atomic mass is 32.2. The van der Waals surface area contributed by atoms with Gasteiger partial charge in [0.1, 0.15) is 23.6 Å². The van der Waals surface area contributed by atoms with Crippen molar-refractivity contribution >= 4 is 45.4 Å². The molecule has 7 heteroatoms. The Bertz CT molecular complexity index is 1030. The normalized spacial score (nSPS) is 11.2. The number of para-hydroxylation sites is 1. The number of anilines is 2. The second-order valence-electron chi connectivity index (χ2n) is 5.19. The van der Waals surface area contributed by atoms with Crippen molar-refractivity contribution in [1.82, 2.24) is 19.7 Å². The average molecular weight is 339 g/mol. The molecule has 0 aliphatic carbocycles.